The number of carbonyl (C=O) groups excluding carboxylic acids is 1. The molecule has 2 atom stereocenters. The van der Waals surface area contributed by atoms with Gasteiger partial charge in [0.05, 0.1) is 17.5 Å². The van der Waals surface area contributed by atoms with Gasteiger partial charge in [-0.2, -0.15) is 0 Å². The minimum absolute atomic E-state index is 0.0967. The van der Waals surface area contributed by atoms with E-state index in [1.807, 2.05) is 6.92 Å². The molecule has 0 radical (unpaired) electrons. The Hall–Kier alpha value is -1.53. The Morgan fingerprint density at radius 2 is 2.28 bits per heavy atom. The average molecular weight is 267 g/mol. The van der Waals surface area contributed by atoms with Crippen molar-refractivity contribution in [2.45, 2.75) is 23.0 Å². The van der Waals surface area contributed by atoms with Crippen molar-refractivity contribution < 1.29 is 19.8 Å². The fraction of sp³-hybridized carbons (Fsp3) is 0.333. The van der Waals surface area contributed by atoms with Crippen LogP contribution >= 0.6 is 11.8 Å². The maximum Gasteiger partial charge on any atom is 0.313 e. The zero-order valence-corrected chi connectivity index (χ0v) is 10.5. The van der Waals surface area contributed by atoms with Crippen LogP contribution in [0.4, 0.5) is 5.69 Å². The van der Waals surface area contributed by atoms with E-state index in [9.17, 15) is 9.59 Å². The van der Waals surface area contributed by atoms with Gasteiger partial charge in [-0.25, -0.2) is 0 Å². The number of aliphatic carboxylic acids is 1. The fourth-order valence-corrected chi connectivity index (χ4v) is 2.70. The van der Waals surface area contributed by atoms with Gasteiger partial charge < -0.3 is 15.5 Å². The van der Waals surface area contributed by atoms with Crippen LogP contribution in [-0.4, -0.2) is 33.9 Å². The van der Waals surface area contributed by atoms with Gasteiger partial charge in [-0.15, -0.1) is 11.8 Å². The van der Waals surface area contributed by atoms with Crippen molar-refractivity contribution in [3.8, 4) is 0 Å². The first-order chi connectivity index (χ1) is 8.52. The zero-order chi connectivity index (χ0) is 13.3. The van der Waals surface area contributed by atoms with E-state index < -0.39 is 18.5 Å². The molecule has 1 aliphatic rings. The first kappa shape index (κ1) is 12.9. The van der Waals surface area contributed by atoms with Gasteiger partial charge in [-0.05, 0) is 24.6 Å². The van der Waals surface area contributed by atoms with Crippen LogP contribution in [0.5, 0.6) is 0 Å². The van der Waals surface area contributed by atoms with Crippen molar-refractivity contribution in [3.05, 3.63) is 23.8 Å². The number of hydrogen-bond acceptors (Lipinski definition) is 4. The topological polar surface area (TPSA) is 86.6 Å². The molecule has 5 nitrogen and oxygen atoms in total. The minimum atomic E-state index is -1.08. The largest absolute Gasteiger partial charge is 0.481 e. The van der Waals surface area contributed by atoms with E-state index in [-0.39, 0.29) is 11.2 Å². The van der Waals surface area contributed by atoms with E-state index in [0.717, 1.165) is 4.90 Å². The normalized spacial score (nSPS) is 19.9. The third-order valence-electron chi connectivity index (χ3n) is 2.82. The van der Waals surface area contributed by atoms with E-state index in [2.05, 4.69) is 5.32 Å². The van der Waals surface area contributed by atoms with Gasteiger partial charge >= 0.3 is 5.97 Å². The van der Waals surface area contributed by atoms with Crippen molar-refractivity contribution >= 4 is 29.3 Å². The molecule has 6 heteroatoms. The summed E-state index contributed by atoms with van der Waals surface area (Å²) >= 11 is 1.43. The van der Waals surface area contributed by atoms with Crippen molar-refractivity contribution in [2.24, 2.45) is 0 Å². The van der Waals surface area contributed by atoms with Gasteiger partial charge in [-0.3, -0.25) is 9.59 Å². The van der Waals surface area contributed by atoms with Gasteiger partial charge in [0, 0.05) is 4.90 Å². The van der Waals surface area contributed by atoms with E-state index in [1.165, 1.54) is 11.8 Å². The number of aliphatic hydroxyl groups excluding tert-OH is 1. The summed E-state index contributed by atoms with van der Waals surface area (Å²) in [7, 11) is 0. The Labute approximate surface area is 108 Å². The Kier molecular flexibility index (Phi) is 3.58. The van der Waals surface area contributed by atoms with Crippen LogP contribution in [0.1, 0.15) is 18.4 Å². The second-order valence-corrected chi connectivity index (χ2v) is 5.46. The van der Waals surface area contributed by atoms with E-state index in [1.54, 1.807) is 18.2 Å². The third kappa shape index (κ3) is 2.34. The number of carboxylic acid groups (broad SMARTS) is 1. The van der Waals surface area contributed by atoms with Gasteiger partial charge in [0.15, 0.2) is 0 Å². The molecule has 0 bridgehead atoms. The second kappa shape index (κ2) is 4.99. The highest BCUT2D eigenvalue weighted by Gasteiger charge is 2.25. The molecule has 1 amide bonds. The molecular formula is C12H13NO4S. The predicted molar refractivity (Wildman–Crippen MR) is 67.9 cm³/mol. The molecule has 1 heterocycles. The molecule has 0 spiro atoms. The SMILES string of the molecule is CC1Sc2ccc(C(CO)C(=O)O)cc2NC1=O. The molecule has 0 aliphatic carbocycles. The van der Waals surface area contributed by atoms with Crippen LogP contribution < -0.4 is 5.32 Å². The minimum Gasteiger partial charge on any atom is -0.481 e. The number of amides is 1. The monoisotopic (exact) mass is 267 g/mol. The highest BCUT2D eigenvalue weighted by atomic mass is 32.2. The standard InChI is InChI=1S/C12H13NO4S/c1-6-11(15)13-9-4-7(2-3-10(9)18-6)8(5-14)12(16)17/h2-4,6,8,14H,5H2,1H3,(H,13,15)(H,16,17). The summed E-state index contributed by atoms with van der Waals surface area (Å²) in [6, 6.07) is 5.06. The van der Waals surface area contributed by atoms with E-state index in [4.69, 9.17) is 10.2 Å². The van der Waals surface area contributed by atoms with Crippen LogP contribution in [0.3, 0.4) is 0 Å². The molecule has 2 unspecified atom stereocenters. The smallest absolute Gasteiger partial charge is 0.313 e. The number of thioether (sulfide) groups is 1. The lowest BCUT2D eigenvalue weighted by molar-refractivity contribution is -0.139. The van der Waals surface area contributed by atoms with Crippen LogP contribution in [0, 0.1) is 0 Å². The molecule has 0 aromatic heterocycles. The van der Waals surface area contributed by atoms with Crippen LogP contribution in [0.25, 0.3) is 0 Å². The quantitative estimate of drug-likeness (QED) is 0.768. The van der Waals surface area contributed by atoms with Crippen LogP contribution in [-0.2, 0) is 9.59 Å². The second-order valence-electron chi connectivity index (χ2n) is 4.08. The van der Waals surface area contributed by atoms with Gasteiger partial charge in [0.2, 0.25) is 5.91 Å². The number of benzene rings is 1. The zero-order valence-electron chi connectivity index (χ0n) is 9.71. The summed E-state index contributed by atoms with van der Waals surface area (Å²) in [5, 5.41) is 20.6. The molecule has 1 aliphatic heterocycles. The molecule has 1 aromatic carbocycles. The number of rotatable bonds is 3. The predicted octanol–water partition coefficient (Wildman–Crippen LogP) is 1.28. The van der Waals surface area contributed by atoms with Crippen molar-refractivity contribution in [1.29, 1.82) is 0 Å². The summed E-state index contributed by atoms with van der Waals surface area (Å²) in [6.45, 7) is 1.34. The van der Waals surface area contributed by atoms with Gasteiger partial charge in [-0.1, -0.05) is 6.07 Å². The highest BCUT2D eigenvalue weighted by molar-refractivity contribution is 8.00. The Balaban J connectivity index is 2.35. The molecule has 0 saturated heterocycles. The van der Waals surface area contributed by atoms with Crippen LogP contribution in [0.2, 0.25) is 0 Å². The lowest BCUT2D eigenvalue weighted by Crippen LogP contribution is -2.26. The first-order valence-corrected chi connectivity index (χ1v) is 6.36. The molecular weight excluding hydrogens is 254 g/mol. The van der Waals surface area contributed by atoms with E-state index in [0.29, 0.717) is 11.3 Å². The Bertz CT molecular complexity index is 503. The summed E-state index contributed by atoms with van der Waals surface area (Å²) in [5.41, 5.74) is 1.10. The van der Waals surface area contributed by atoms with Crippen LogP contribution in [0.15, 0.2) is 23.1 Å². The van der Waals surface area contributed by atoms with Gasteiger partial charge in [0.1, 0.15) is 5.92 Å². The first-order valence-electron chi connectivity index (χ1n) is 5.48. The van der Waals surface area contributed by atoms with Crippen molar-refractivity contribution in [1.82, 2.24) is 0 Å². The van der Waals surface area contributed by atoms with E-state index >= 15 is 0 Å². The van der Waals surface area contributed by atoms with Gasteiger partial charge in [0.25, 0.3) is 0 Å². The molecule has 96 valence electrons. The number of aliphatic hydroxyl groups is 1. The average Bonchev–Trinajstić information content (AvgIpc) is 2.31. The summed E-state index contributed by atoms with van der Waals surface area (Å²) in [6.07, 6.45) is 0. The molecule has 0 saturated carbocycles. The van der Waals surface area contributed by atoms with Crippen molar-refractivity contribution in [2.75, 3.05) is 11.9 Å². The molecule has 3 N–H and O–H groups in total. The molecule has 18 heavy (non-hydrogen) atoms. The number of fused-ring (bicyclic) bond motifs is 1. The maximum atomic E-state index is 11.5. The molecule has 2 rings (SSSR count). The lowest BCUT2D eigenvalue weighted by Gasteiger charge is -2.22. The van der Waals surface area contributed by atoms with Crippen molar-refractivity contribution in [3.63, 3.8) is 0 Å². The molecule has 0 fully saturated rings. The Morgan fingerprint density at radius 3 is 2.89 bits per heavy atom. The summed E-state index contributed by atoms with van der Waals surface area (Å²) in [5.74, 6) is -2.14. The number of carbonyl (C=O) groups is 2. The highest BCUT2D eigenvalue weighted by Crippen LogP contribution is 2.37. The summed E-state index contributed by atoms with van der Waals surface area (Å²) in [4.78, 5) is 23.4. The molecule has 1 aromatic rings. The maximum absolute atomic E-state index is 11.5. The third-order valence-corrected chi connectivity index (χ3v) is 4.00. The number of anilines is 1. The Morgan fingerprint density at radius 1 is 1.56 bits per heavy atom. The number of nitrogens with one attached hydrogen (secondary N) is 1. The lowest BCUT2D eigenvalue weighted by atomic mass is 9.99. The number of hydrogen-bond donors (Lipinski definition) is 3. The summed E-state index contributed by atoms with van der Waals surface area (Å²) < 4.78 is 0. The fourth-order valence-electron chi connectivity index (χ4n) is 1.77. The number of carboxylic acids is 1.